The summed E-state index contributed by atoms with van der Waals surface area (Å²) in [6.45, 7) is 2.00. The number of rotatable bonds is 5. The van der Waals surface area contributed by atoms with Crippen molar-refractivity contribution in [1.29, 1.82) is 5.26 Å². The Morgan fingerprint density at radius 1 is 1.00 bits per heavy atom. The van der Waals surface area contributed by atoms with Crippen LogP contribution in [0.3, 0.4) is 0 Å². The lowest BCUT2D eigenvalue weighted by atomic mass is 9.99. The van der Waals surface area contributed by atoms with Crippen LogP contribution in [0, 0.1) is 11.3 Å². The fraction of sp³-hybridized carbons (Fsp3) is 0.0800. The van der Waals surface area contributed by atoms with Crippen molar-refractivity contribution in [3.8, 4) is 17.2 Å². The third-order valence-electron chi connectivity index (χ3n) is 5.01. The molecule has 0 amide bonds. The number of hydrogen-bond donors (Lipinski definition) is 1. The predicted octanol–water partition coefficient (Wildman–Crippen LogP) is 6.89. The van der Waals surface area contributed by atoms with E-state index in [9.17, 15) is 4.79 Å². The Labute approximate surface area is 190 Å². The van der Waals surface area contributed by atoms with Crippen molar-refractivity contribution in [2.45, 2.75) is 13.5 Å². The van der Waals surface area contributed by atoms with Gasteiger partial charge in [-0.3, -0.25) is 4.79 Å². The van der Waals surface area contributed by atoms with Gasteiger partial charge in [0, 0.05) is 27.5 Å². The highest BCUT2D eigenvalue weighted by Crippen LogP contribution is 2.29. The summed E-state index contributed by atoms with van der Waals surface area (Å²) in [5.41, 5.74) is 4.71. The van der Waals surface area contributed by atoms with E-state index in [-0.39, 0.29) is 5.78 Å². The molecular formula is C25H17Cl2N3O. The van der Waals surface area contributed by atoms with Gasteiger partial charge in [0.2, 0.25) is 0 Å². The average Bonchev–Trinajstić information content (AvgIpc) is 2.77. The molecule has 0 aliphatic carbocycles. The van der Waals surface area contributed by atoms with E-state index in [0.717, 1.165) is 27.6 Å². The Hall–Kier alpha value is -3.39. The molecule has 0 bridgehead atoms. The summed E-state index contributed by atoms with van der Waals surface area (Å²) in [6, 6.07) is 22.4. The maximum absolute atomic E-state index is 12.4. The molecule has 3 aromatic carbocycles. The number of Topliss-reactive ketones (excluding diaryl/α,β-unsaturated/α-hetero) is 1. The summed E-state index contributed by atoms with van der Waals surface area (Å²) in [7, 11) is 0. The summed E-state index contributed by atoms with van der Waals surface area (Å²) in [6.07, 6.45) is 0. The minimum atomic E-state index is -0.0445. The Balaban J connectivity index is 1.69. The Kier molecular flexibility index (Phi) is 5.90. The second-order valence-corrected chi connectivity index (χ2v) is 7.97. The number of carbonyl (C=O) groups is 1. The number of halogens is 2. The number of hydrogen-bond acceptors (Lipinski definition) is 4. The van der Waals surface area contributed by atoms with Gasteiger partial charge >= 0.3 is 0 Å². The number of ketones is 1. The molecule has 0 fully saturated rings. The molecule has 4 nitrogen and oxygen atoms in total. The zero-order valence-electron chi connectivity index (χ0n) is 16.6. The first-order chi connectivity index (χ1) is 14.9. The van der Waals surface area contributed by atoms with Crippen LogP contribution in [0.2, 0.25) is 10.0 Å². The van der Waals surface area contributed by atoms with Crippen LogP contribution in [-0.4, -0.2) is 10.8 Å². The van der Waals surface area contributed by atoms with E-state index in [0.29, 0.717) is 33.5 Å². The van der Waals surface area contributed by atoms with Crippen molar-refractivity contribution in [2.24, 2.45) is 0 Å². The highest BCUT2D eigenvalue weighted by atomic mass is 35.5. The van der Waals surface area contributed by atoms with Crippen molar-refractivity contribution >= 4 is 45.7 Å². The first-order valence-corrected chi connectivity index (χ1v) is 10.3. The molecule has 4 rings (SSSR count). The molecule has 0 atom stereocenters. The first-order valence-electron chi connectivity index (χ1n) is 9.58. The van der Waals surface area contributed by atoms with Gasteiger partial charge in [-0.1, -0.05) is 47.5 Å². The van der Waals surface area contributed by atoms with Gasteiger partial charge in [-0.05, 0) is 66.1 Å². The second-order valence-electron chi connectivity index (χ2n) is 7.12. The average molecular weight is 446 g/mol. The zero-order valence-corrected chi connectivity index (χ0v) is 18.1. The van der Waals surface area contributed by atoms with Crippen molar-refractivity contribution in [1.82, 2.24) is 4.98 Å². The van der Waals surface area contributed by atoms with E-state index in [2.05, 4.69) is 16.4 Å². The summed E-state index contributed by atoms with van der Waals surface area (Å²) in [5.74, 6) is 0.548. The molecule has 1 N–H and O–H groups in total. The fourth-order valence-corrected chi connectivity index (χ4v) is 3.85. The predicted molar refractivity (Wildman–Crippen MR) is 126 cm³/mol. The number of fused-ring (bicyclic) bond motifs is 1. The number of nitriles is 1. The summed E-state index contributed by atoms with van der Waals surface area (Å²) in [5, 5.41) is 14.2. The van der Waals surface area contributed by atoms with E-state index >= 15 is 0 Å². The number of aromatic nitrogens is 1. The highest BCUT2D eigenvalue weighted by Gasteiger charge is 2.12. The van der Waals surface area contributed by atoms with Crippen molar-refractivity contribution < 1.29 is 4.79 Å². The van der Waals surface area contributed by atoms with E-state index in [1.165, 1.54) is 0 Å². The fourth-order valence-electron chi connectivity index (χ4n) is 3.38. The van der Waals surface area contributed by atoms with Crippen LogP contribution in [-0.2, 0) is 6.54 Å². The van der Waals surface area contributed by atoms with Crippen molar-refractivity contribution in [3.63, 3.8) is 0 Å². The van der Waals surface area contributed by atoms with Crippen LogP contribution in [0.5, 0.6) is 0 Å². The molecule has 0 saturated carbocycles. The van der Waals surface area contributed by atoms with Gasteiger partial charge in [0.15, 0.2) is 5.78 Å². The maximum Gasteiger partial charge on any atom is 0.160 e. The third-order valence-corrected chi connectivity index (χ3v) is 5.60. The standard InChI is InChI=1S/C25H17Cl2N3O/c1-15(31)21-12-25(29-14-19-6-8-20(26)11-23(19)27)30-24-9-7-18(10-22(21)24)17-4-2-16(13-28)3-5-17/h2-12H,14H2,1H3,(H,29,30). The van der Waals surface area contributed by atoms with Crippen LogP contribution in [0.15, 0.2) is 66.7 Å². The lowest BCUT2D eigenvalue weighted by molar-refractivity contribution is 0.101. The van der Waals surface area contributed by atoms with Crippen molar-refractivity contribution in [3.05, 3.63) is 93.5 Å². The van der Waals surface area contributed by atoms with Crippen LogP contribution in [0.1, 0.15) is 28.4 Å². The third kappa shape index (κ3) is 4.54. The number of anilines is 1. The van der Waals surface area contributed by atoms with E-state index in [1.807, 2.05) is 36.4 Å². The highest BCUT2D eigenvalue weighted by molar-refractivity contribution is 6.35. The topological polar surface area (TPSA) is 65.8 Å². The summed E-state index contributed by atoms with van der Waals surface area (Å²) < 4.78 is 0. The van der Waals surface area contributed by atoms with Gasteiger partial charge in [-0.2, -0.15) is 5.26 Å². The number of carbonyl (C=O) groups excluding carboxylic acids is 1. The molecule has 152 valence electrons. The minimum Gasteiger partial charge on any atom is -0.366 e. The lowest BCUT2D eigenvalue weighted by Gasteiger charge is -2.12. The SMILES string of the molecule is CC(=O)c1cc(NCc2ccc(Cl)cc2Cl)nc2ccc(-c3ccc(C#N)cc3)cc12. The molecule has 0 aliphatic rings. The molecule has 0 spiro atoms. The van der Waals surface area contributed by atoms with Gasteiger partial charge in [0.05, 0.1) is 17.1 Å². The van der Waals surface area contributed by atoms with Crippen LogP contribution in [0.4, 0.5) is 5.82 Å². The monoisotopic (exact) mass is 445 g/mol. The normalized spacial score (nSPS) is 10.6. The summed E-state index contributed by atoms with van der Waals surface area (Å²) >= 11 is 12.2. The molecule has 1 aromatic heterocycles. The van der Waals surface area contributed by atoms with Gasteiger partial charge in [-0.15, -0.1) is 0 Å². The number of nitrogens with one attached hydrogen (secondary N) is 1. The molecular weight excluding hydrogens is 429 g/mol. The van der Waals surface area contributed by atoms with E-state index in [1.54, 1.807) is 37.3 Å². The second kappa shape index (κ2) is 8.77. The molecule has 4 aromatic rings. The lowest BCUT2D eigenvalue weighted by Crippen LogP contribution is -2.05. The van der Waals surface area contributed by atoms with Crippen LogP contribution in [0.25, 0.3) is 22.0 Å². The number of benzene rings is 3. The summed E-state index contributed by atoms with van der Waals surface area (Å²) in [4.78, 5) is 17.0. The van der Waals surface area contributed by atoms with Gasteiger partial charge in [0.1, 0.15) is 5.82 Å². The van der Waals surface area contributed by atoms with Gasteiger partial charge in [0.25, 0.3) is 0 Å². The van der Waals surface area contributed by atoms with E-state index < -0.39 is 0 Å². The van der Waals surface area contributed by atoms with Gasteiger partial charge in [-0.25, -0.2) is 4.98 Å². The Bertz CT molecular complexity index is 1340. The molecule has 31 heavy (non-hydrogen) atoms. The molecule has 0 saturated heterocycles. The quantitative estimate of drug-likeness (QED) is 0.339. The minimum absolute atomic E-state index is 0.0445. The first kappa shape index (κ1) is 20.9. The van der Waals surface area contributed by atoms with Crippen molar-refractivity contribution in [2.75, 3.05) is 5.32 Å². The number of nitrogens with zero attached hydrogens (tertiary/aromatic N) is 2. The maximum atomic E-state index is 12.4. The Morgan fingerprint density at radius 3 is 2.42 bits per heavy atom. The molecule has 0 unspecified atom stereocenters. The zero-order chi connectivity index (χ0) is 22.0. The number of pyridine rings is 1. The van der Waals surface area contributed by atoms with Crippen LogP contribution >= 0.6 is 23.2 Å². The largest absolute Gasteiger partial charge is 0.366 e. The van der Waals surface area contributed by atoms with Gasteiger partial charge < -0.3 is 5.32 Å². The van der Waals surface area contributed by atoms with Crippen LogP contribution < -0.4 is 5.32 Å². The molecule has 1 heterocycles. The molecule has 0 aliphatic heterocycles. The molecule has 6 heteroatoms. The smallest absolute Gasteiger partial charge is 0.160 e. The van der Waals surface area contributed by atoms with E-state index in [4.69, 9.17) is 28.5 Å². The Morgan fingerprint density at radius 2 is 1.74 bits per heavy atom. The molecule has 0 radical (unpaired) electrons.